The molecule has 0 aromatic heterocycles. The van der Waals surface area contributed by atoms with Gasteiger partial charge in [-0.05, 0) is 96.3 Å². The second kappa shape index (κ2) is 66.1. The number of hydrogen-bond acceptors (Lipinski definition) is 6. The van der Waals surface area contributed by atoms with Crippen molar-refractivity contribution < 1.29 is 28.6 Å². The maximum atomic E-state index is 12.9. The highest BCUT2D eigenvalue weighted by Crippen LogP contribution is 2.17. The summed E-state index contributed by atoms with van der Waals surface area (Å²) in [5, 5.41) is 0. The normalized spacial score (nSPS) is 12.6. The minimum Gasteiger partial charge on any atom is -0.462 e. The first kappa shape index (κ1) is 74.6. The van der Waals surface area contributed by atoms with Gasteiger partial charge < -0.3 is 14.2 Å². The van der Waals surface area contributed by atoms with Crippen LogP contribution in [0.3, 0.4) is 0 Å². The predicted molar refractivity (Wildman–Crippen MR) is 339 cm³/mol. The van der Waals surface area contributed by atoms with Crippen molar-refractivity contribution in [1.29, 1.82) is 0 Å². The third-order valence-corrected chi connectivity index (χ3v) is 14.6. The molecule has 0 amide bonds. The molecule has 0 N–H and O–H groups in total. The molecule has 0 fully saturated rings. The molecular formula is C72H126O6. The predicted octanol–water partition coefficient (Wildman–Crippen LogP) is 23.1. The maximum absolute atomic E-state index is 12.9. The number of esters is 3. The Morgan fingerprint density at radius 2 is 0.500 bits per heavy atom. The highest BCUT2D eigenvalue weighted by Gasteiger charge is 2.19. The summed E-state index contributed by atoms with van der Waals surface area (Å²) in [6.45, 7) is 6.53. The molecule has 0 aliphatic rings. The molecule has 1 atom stereocenters. The zero-order valence-corrected chi connectivity index (χ0v) is 51.7. The summed E-state index contributed by atoms with van der Waals surface area (Å²) in [6, 6.07) is 0. The molecule has 0 aromatic rings. The van der Waals surface area contributed by atoms with Crippen LogP contribution in [-0.2, 0) is 28.6 Å². The van der Waals surface area contributed by atoms with E-state index in [0.29, 0.717) is 19.3 Å². The zero-order chi connectivity index (χ0) is 56.4. The number of rotatable bonds is 61. The van der Waals surface area contributed by atoms with Crippen LogP contribution < -0.4 is 0 Å². The Balaban J connectivity index is 4.31. The van der Waals surface area contributed by atoms with Crippen LogP contribution in [0.2, 0.25) is 0 Å². The molecule has 450 valence electrons. The molecule has 0 aromatic carbocycles. The van der Waals surface area contributed by atoms with Gasteiger partial charge in [-0.15, -0.1) is 0 Å². The second-order valence-electron chi connectivity index (χ2n) is 22.4. The lowest BCUT2D eigenvalue weighted by Gasteiger charge is -2.18. The van der Waals surface area contributed by atoms with E-state index < -0.39 is 6.10 Å². The minimum absolute atomic E-state index is 0.0865. The maximum Gasteiger partial charge on any atom is 0.306 e. The zero-order valence-electron chi connectivity index (χ0n) is 51.7. The Bertz CT molecular complexity index is 1480. The summed E-state index contributed by atoms with van der Waals surface area (Å²) in [5.74, 6) is -0.903. The molecule has 0 aliphatic heterocycles. The van der Waals surface area contributed by atoms with Crippen molar-refractivity contribution in [1.82, 2.24) is 0 Å². The lowest BCUT2D eigenvalue weighted by molar-refractivity contribution is -0.167. The molecular weight excluding hydrogens is 961 g/mol. The van der Waals surface area contributed by atoms with E-state index in [1.54, 1.807) is 0 Å². The molecule has 0 saturated heterocycles. The first-order valence-corrected chi connectivity index (χ1v) is 33.6. The van der Waals surface area contributed by atoms with Crippen LogP contribution in [-0.4, -0.2) is 37.2 Å². The summed E-state index contributed by atoms with van der Waals surface area (Å²) < 4.78 is 16.9. The molecule has 0 rings (SSSR count). The van der Waals surface area contributed by atoms with Crippen LogP contribution in [0.15, 0.2) is 85.1 Å². The fraction of sp³-hybridized carbons (Fsp3) is 0.764. The van der Waals surface area contributed by atoms with Crippen molar-refractivity contribution in [2.75, 3.05) is 13.2 Å². The van der Waals surface area contributed by atoms with Gasteiger partial charge in [0.25, 0.3) is 0 Å². The fourth-order valence-electron chi connectivity index (χ4n) is 9.62. The van der Waals surface area contributed by atoms with Gasteiger partial charge in [0.1, 0.15) is 13.2 Å². The summed E-state index contributed by atoms with van der Waals surface area (Å²) in [6.07, 6.45) is 87.4. The molecule has 0 spiro atoms. The Hall–Kier alpha value is -3.41. The van der Waals surface area contributed by atoms with E-state index in [9.17, 15) is 14.4 Å². The third-order valence-electron chi connectivity index (χ3n) is 14.6. The molecule has 0 aliphatic carbocycles. The molecule has 1 unspecified atom stereocenters. The number of carbonyl (C=O) groups excluding carboxylic acids is 3. The van der Waals surface area contributed by atoms with E-state index in [-0.39, 0.29) is 31.1 Å². The highest BCUT2D eigenvalue weighted by atomic mass is 16.6. The van der Waals surface area contributed by atoms with Crippen molar-refractivity contribution in [3.8, 4) is 0 Å². The Morgan fingerprint density at radius 1 is 0.269 bits per heavy atom. The Morgan fingerprint density at radius 3 is 0.795 bits per heavy atom. The number of unbranched alkanes of at least 4 members (excludes halogenated alkanes) is 36. The molecule has 0 heterocycles. The van der Waals surface area contributed by atoms with Crippen LogP contribution in [0.5, 0.6) is 0 Å². The second-order valence-corrected chi connectivity index (χ2v) is 22.4. The van der Waals surface area contributed by atoms with Crippen molar-refractivity contribution >= 4 is 17.9 Å². The topological polar surface area (TPSA) is 78.9 Å². The van der Waals surface area contributed by atoms with Gasteiger partial charge in [0.15, 0.2) is 6.10 Å². The number of ether oxygens (including phenoxy) is 3. The summed E-state index contributed by atoms with van der Waals surface area (Å²) in [4.78, 5) is 38.4. The molecule has 6 nitrogen and oxygen atoms in total. The van der Waals surface area contributed by atoms with Crippen molar-refractivity contribution in [3.63, 3.8) is 0 Å². The molecule has 0 saturated carbocycles. The Kier molecular flexibility index (Phi) is 63.2. The van der Waals surface area contributed by atoms with E-state index in [2.05, 4.69) is 106 Å². The van der Waals surface area contributed by atoms with Crippen LogP contribution in [0.4, 0.5) is 0 Å². The summed E-state index contributed by atoms with van der Waals surface area (Å²) >= 11 is 0. The first-order chi connectivity index (χ1) is 38.5. The van der Waals surface area contributed by atoms with Gasteiger partial charge >= 0.3 is 17.9 Å². The van der Waals surface area contributed by atoms with Crippen molar-refractivity contribution in [3.05, 3.63) is 85.1 Å². The van der Waals surface area contributed by atoms with E-state index >= 15 is 0 Å². The van der Waals surface area contributed by atoms with Gasteiger partial charge in [-0.2, -0.15) is 0 Å². The molecule has 0 bridgehead atoms. The molecule has 6 heteroatoms. The van der Waals surface area contributed by atoms with Crippen LogP contribution >= 0.6 is 0 Å². The van der Waals surface area contributed by atoms with Gasteiger partial charge in [0, 0.05) is 19.3 Å². The van der Waals surface area contributed by atoms with Crippen LogP contribution in [0.25, 0.3) is 0 Å². The fourth-order valence-corrected chi connectivity index (χ4v) is 9.62. The lowest BCUT2D eigenvalue weighted by Crippen LogP contribution is -2.30. The van der Waals surface area contributed by atoms with Gasteiger partial charge in [-0.3, -0.25) is 14.4 Å². The van der Waals surface area contributed by atoms with Crippen LogP contribution in [0.1, 0.15) is 335 Å². The van der Waals surface area contributed by atoms with Crippen molar-refractivity contribution in [2.45, 2.75) is 341 Å². The number of allylic oxidation sites excluding steroid dienone is 14. The number of hydrogen-bond donors (Lipinski definition) is 0. The largest absolute Gasteiger partial charge is 0.462 e. The summed E-state index contributed by atoms with van der Waals surface area (Å²) in [7, 11) is 0. The molecule has 78 heavy (non-hydrogen) atoms. The van der Waals surface area contributed by atoms with E-state index in [4.69, 9.17) is 14.2 Å². The van der Waals surface area contributed by atoms with E-state index in [0.717, 1.165) is 103 Å². The smallest absolute Gasteiger partial charge is 0.306 e. The van der Waals surface area contributed by atoms with Crippen molar-refractivity contribution in [2.24, 2.45) is 0 Å². The quantitative estimate of drug-likeness (QED) is 0.0261. The van der Waals surface area contributed by atoms with Gasteiger partial charge in [0.05, 0.1) is 0 Å². The van der Waals surface area contributed by atoms with Gasteiger partial charge in [-0.25, -0.2) is 0 Å². The van der Waals surface area contributed by atoms with E-state index in [1.807, 2.05) is 0 Å². The monoisotopic (exact) mass is 1090 g/mol. The van der Waals surface area contributed by atoms with Gasteiger partial charge in [0.2, 0.25) is 0 Å². The van der Waals surface area contributed by atoms with Crippen LogP contribution in [0, 0.1) is 0 Å². The summed E-state index contributed by atoms with van der Waals surface area (Å²) in [5.41, 5.74) is 0. The lowest BCUT2D eigenvalue weighted by atomic mass is 10.0. The highest BCUT2D eigenvalue weighted by molar-refractivity contribution is 5.71. The first-order valence-electron chi connectivity index (χ1n) is 33.6. The van der Waals surface area contributed by atoms with Gasteiger partial charge in [-0.1, -0.05) is 305 Å². The molecule has 0 radical (unpaired) electrons. The average Bonchev–Trinajstić information content (AvgIpc) is 3.44. The standard InChI is InChI=1S/C72H126O6/c1-4-7-10-13-16-19-22-25-28-30-32-33-34-35-36-37-38-39-41-42-44-47-50-53-56-59-62-65-71(74)77-68-69(67-76-70(73)64-61-58-55-52-49-46-27-24-21-18-15-12-9-6-3)78-72(75)66-63-60-57-54-51-48-45-43-40-31-29-26-23-20-17-14-11-8-5-2/h8,11,17,20,22,25-26,29-30,32,40,43,48,51,69H,4-7,9-10,12-16,18-19,21,23-24,27-28,31,33-39,41-42,44-47,49-50,52-68H2,1-3H3/b11-8-,20-17-,25-22-,29-26-,32-30-,43-40-,51-48-. The SMILES string of the molecule is CC/C=C\C/C=C\C/C=C\C/C=C\C/C=C\CCCCCC(=O)OC(COC(=O)CCCCCCCCCCCCCCCC)COC(=O)CCCCCCCCCCCCCCCCC/C=C\C/C=C\CCCCCCC. The Labute approximate surface area is 484 Å². The minimum atomic E-state index is -0.793. The number of carbonyl (C=O) groups is 3. The third kappa shape index (κ3) is 63.4. The van der Waals surface area contributed by atoms with E-state index in [1.165, 1.54) is 193 Å². The average molecular weight is 1090 g/mol.